The van der Waals surface area contributed by atoms with Gasteiger partial charge in [-0.05, 0) is 56.4 Å². The van der Waals surface area contributed by atoms with Gasteiger partial charge in [0, 0.05) is 17.0 Å². The fraction of sp³-hybridized carbons (Fsp3) is 0.667. The first-order valence-corrected chi connectivity index (χ1v) is 8.42. The summed E-state index contributed by atoms with van der Waals surface area (Å²) >= 11 is 2.02. The molecular weight excluding hydrogens is 240 g/mol. The molecule has 0 saturated heterocycles. The van der Waals surface area contributed by atoms with Crippen LogP contribution in [0.15, 0.2) is 12.1 Å². The van der Waals surface area contributed by atoms with Crippen LogP contribution in [0, 0.1) is 0 Å². The Morgan fingerprint density at radius 1 is 1.22 bits per heavy atom. The lowest BCUT2D eigenvalue weighted by atomic mass is 9.95. The number of anilines is 1. The third-order valence-corrected chi connectivity index (χ3v) is 5.33. The first kappa shape index (κ1) is 12.3. The van der Waals surface area contributed by atoms with Gasteiger partial charge in [-0.2, -0.15) is 11.8 Å². The van der Waals surface area contributed by atoms with E-state index in [1.165, 1.54) is 56.2 Å². The molecule has 3 rings (SSSR count). The maximum Gasteiger partial charge on any atom is 0.126 e. The minimum atomic E-state index is 0.628. The van der Waals surface area contributed by atoms with E-state index in [1.54, 1.807) is 0 Å². The average molecular weight is 262 g/mol. The first-order valence-electron chi connectivity index (χ1n) is 7.13. The van der Waals surface area contributed by atoms with Crippen molar-refractivity contribution in [2.75, 3.05) is 11.6 Å². The molecule has 0 aliphatic heterocycles. The molecule has 2 aliphatic rings. The number of hydrogen-bond donors (Lipinski definition) is 1. The summed E-state index contributed by atoms with van der Waals surface area (Å²) in [6.07, 6.45) is 11.2. The van der Waals surface area contributed by atoms with Crippen molar-refractivity contribution < 1.29 is 0 Å². The summed E-state index contributed by atoms with van der Waals surface area (Å²) in [7, 11) is 0. The van der Waals surface area contributed by atoms with Gasteiger partial charge in [0.2, 0.25) is 0 Å². The lowest BCUT2D eigenvalue weighted by Gasteiger charge is -2.29. The number of fused-ring (bicyclic) bond motifs is 1. The molecule has 0 bridgehead atoms. The summed E-state index contributed by atoms with van der Waals surface area (Å²) in [5.41, 5.74) is 2.79. The van der Waals surface area contributed by atoms with Crippen LogP contribution >= 0.6 is 11.8 Å². The van der Waals surface area contributed by atoms with Gasteiger partial charge in [0.1, 0.15) is 5.82 Å². The monoisotopic (exact) mass is 262 g/mol. The lowest BCUT2D eigenvalue weighted by Crippen LogP contribution is -2.28. The van der Waals surface area contributed by atoms with Crippen molar-refractivity contribution in [3.05, 3.63) is 23.4 Å². The summed E-state index contributed by atoms with van der Waals surface area (Å²) in [6, 6.07) is 5.07. The number of rotatable bonds is 3. The maximum absolute atomic E-state index is 4.78. The van der Waals surface area contributed by atoms with Gasteiger partial charge in [0.15, 0.2) is 0 Å². The van der Waals surface area contributed by atoms with Gasteiger partial charge in [-0.25, -0.2) is 4.98 Å². The second-order valence-electron chi connectivity index (χ2n) is 5.52. The van der Waals surface area contributed by atoms with Crippen molar-refractivity contribution in [1.82, 2.24) is 4.98 Å². The van der Waals surface area contributed by atoms with Gasteiger partial charge in [0.25, 0.3) is 0 Å². The van der Waals surface area contributed by atoms with Crippen LogP contribution in [-0.2, 0) is 12.8 Å². The Kier molecular flexibility index (Phi) is 3.78. The largest absolute Gasteiger partial charge is 0.367 e. The first-order chi connectivity index (χ1) is 8.85. The molecule has 0 amide bonds. The Morgan fingerprint density at radius 2 is 2.17 bits per heavy atom. The van der Waals surface area contributed by atoms with Gasteiger partial charge >= 0.3 is 0 Å². The molecule has 18 heavy (non-hydrogen) atoms. The molecule has 1 saturated carbocycles. The Bertz CT molecular complexity index is 419. The summed E-state index contributed by atoms with van der Waals surface area (Å²) in [6.45, 7) is 0. The van der Waals surface area contributed by atoms with E-state index in [-0.39, 0.29) is 0 Å². The molecule has 1 N–H and O–H groups in total. The number of nitrogens with one attached hydrogen (secondary N) is 1. The third kappa shape index (κ3) is 2.66. The van der Waals surface area contributed by atoms with E-state index in [0.29, 0.717) is 6.04 Å². The summed E-state index contributed by atoms with van der Waals surface area (Å²) in [4.78, 5) is 4.78. The minimum absolute atomic E-state index is 0.628. The molecule has 1 fully saturated rings. The highest BCUT2D eigenvalue weighted by molar-refractivity contribution is 7.99. The van der Waals surface area contributed by atoms with Crippen LogP contribution in [0.2, 0.25) is 0 Å². The third-order valence-electron chi connectivity index (χ3n) is 4.24. The average Bonchev–Trinajstić information content (AvgIpc) is 2.86. The zero-order valence-electron chi connectivity index (χ0n) is 11.1. The van der Waals surface area contributed by atoms with Crippen molar-refractivity contribution in [2.24, 2.45) is 0 Å². The van der Waals surface area contributed by atoms with Gasteiger partial charge in [-0.15, -0.1) is 0 Å². The number of aromatic nitrogens is 1. The van der Waals surface area contributed by atoms with E-state index < -0.39 is 0 Å². The van der Waals surface area contributed by atoms with Crippen molar-refractivity contribution >= 4 is 17.6 Å². The number of nitrogens with zero attached hydrogens (tertiary/aromatic N) is 1. The molecule has 2 unspecified atom stereocenters. The summed E-state index contributed by atoms with van der Waals surface area (Å²) < 4.78 is 0. The summed E-state index contributed by atoms with van der Waals surface area (Å²) in [5, 5.41) is 4.49. The van der Waals surface area contributed by atoms with Crippen LogP contribution < -0.4 is 5.32 Å². The van der Waals surface area contributed by atoms with E-state index in [0.717, 1.165) is 11.1 Å². The van der Waals surface area contributed by atoms with E-state index in [1.807, 2.05) is 11.8 Å². The highest BCUT2D eigenvalue weighted by atomic mass is 32.2. The van der Waals surface area contributed by atoms with Crippen LogP contribution in [0.3, 0.4) is 0 Å². The van der Waals surface area contributed by atoms with Crippen molar-refractivity contribution in [3.63, 3.8) is 0 Å². The summed E-state index contributed by atoms with van der Waals surface area (Å²) in [5.74, 6) is 1.10. The Labute approximate surface area is 114 Å². The molecule has 0 spiro atoms. The molecule has 98 valence electrons. The topological polar surface area (TPSA) is 24.9 Å². The van der Waals surface area contributed by atoms with Crippen LogP contribution in [0.5, 0.6) is 0 Å². The highest BCUT2D eigenvalue weighted by Crippen LogP contribution is 2.29. The van der Waals surface area contributed by atoms with Gasteiger partial charge in [0.05, 0.1) is 0 Å². The van der Waals surface area contributed by atoms with Crippen LogP contribution in [0.1, 0.15) is 43.4 Å². The standard InChI is InChI=1S/C15H22N2S/c1-18-13-6-3-5-12(10-13)16-15-9-8-11-4-2-7-14(11)17-15/h8-9,12-13H,2-7,10H2,1H3,(H,16,17). The Morgan fingerprint density at radius 3 is 3.06 bits per heavy atom. The van der Waals surface area contributed by atoms with Gasteiger partial charge in [-0.1, -0.05) is 12.5 Å². The fourth-order valence-electron chi connectivity index (χ4n) is 3.20. The zero-order valence-corrected chi connectivity index (χ0v) is 11.9. The lowest BCUT2D eigenvalue weighted by molar-refractivity contribution is 0.472. The molecule has 2 aliphatic carbocycles. The quantitative estimate of drug-likeness (QED) is 0.900. The number of aryl methyl sites for hydroxylation is 2. The molecule has 3 heteroatoms. The van der Waals surface area contributed by atoms with Crippen molar-refractivity contribution in [2.45, 2.75) is 56.2 Å². The zero-order chi connectivity index (χ0) is 12.4. The molecule has 0 radical (unpaired) electrons. The second-order valence-corrected chi connectivity index (χ2v) is 6.66. The Hall–Kier alpha value is -0.700. The predicted molar refractivity (Wildman–Crippen MR) is 79.4 cm³/mol. The molecular formula is C15H22N2S. The van der Waals surface area contributed by atoms with Gasteiger partial charge in [-0.3, -0.25) is 0 Å². The van der Waals surface area contributed by atoms with Crippen LogP contribution in [0.25, 0.3) is 0 Å². The van der Waals surface area contributed by atoms with Crippen LogP contribution in [-0.4, -0.2) is 22.5 Å². The molecule has 1 aromatic heterocycles. The van der Waals surface area contributed by atoms with E-state index in [9.17, 15) is 0 Å². The van der Waals surface area contributed by atoms with Crippen molar-refractivity contribution in [3.8, 4) is 0 Å². The number of hydrogen-bond acceptors (Lipinski definition) is 3. The SMILES string of the molecule is CSC1CCCC(Nc2ccc3c(n2)CCC3)C1. The number of pyridine rings is 1. The van der Waals surface area contributed by atoms with E-state index in [4.69, 9.17) is 4.98 Å². The fourth-order valence-corrected chi connectivity index (χ4v) is 4.03. The highest BCUT2D eigenvalue weighted by Gasteiger charge is 2.21. The van der Waals surface area contributed by atoms with Crippen molar-refractivity contribution in [1.29, 1.82) is 0 Å². The Balaban J connectivity index is 1.65. The maximum atomic E-state index is 4.78. The molecule has 1 aromatic rings. The smallest absolute Gasteiger partial charge is 0.126 e. The normalized spacial score (nSPS) is 26.9. The second kappa shape index (κ2) is 5.52. The molecule has 0 aromatic carbocycles. The van der Waals surface area contributed by atoms with Gasteiger partial charge < -0.3 is 5.32 Å². The van der Waals surface area contributed by atoms with E-state index >= 15 is 0 Å². The number of thioether (sulfide) groups is 1. The molecule has 1 heterocycles. The molecule has 2 nitrogen and oxygen atoms in total. The molecule has 2 atom stereocenters. The van der Waals surface area contributed by atoms with E-state index in [2.05, 4.69) is 23.7 Å². The minimum Gasteiger partial charge on any atom is -0.367 e. The van der Waals surface area contributed by atoms with Crippen LogP contribution in [0.4, 0.5) is 5.82 Å². The predicted octanol–water partition coefficient (Wildman–Crippen LogP) is 3.66.